The zero-order chi connectivity index (χ0) is 64.1. The minimum atomic E-state index is -4.67. The number of allylic oxidation sites excluding steroid dienone is 34. The van der Waals surface area contributed by atoms with Gasteiger partial charge in [0.05, 0.1) is 27.7 Å². The van der Waals surface area contributed by atoms with Crippen LogP contribution in [-0.4, -0.2) is 70.0 Å². The normalized spacial score (nSPS) is 14.5. The molecule has 0 fully saturated rings. The SMILES string of the molecule is CC/C=C\C/C=C\C/C=C\C/C=C\C/C=C\C/C=C\C/C=C\C/C=C\C/C=C\CCCCCCCCCC(=O)OC(COC(=O)CCCCCC/C=C\C/C=C\C/C=C\C/C=C\C/C=C\C/C=C\C/C=C\C/C=C\CC)COP(=O)([O-])OCC[N+](C)(C)C. The Hall–Kier alpha value is -5.41. The van der Waals surface area contributed by atoms with Crippen LogP contribution in [0.5, 0.6) is 0 Å². The number of quaternary nitrogens is 1. The van der Waals surface area contributed by atoms with Crippen molar-refractivity contribution in [2.75, 3.05) is 47.5 Å². The summed E-state index contributed by atoms with van der Waals surface area (Å²) < 4.78 is 34.2. The smallest absolute Gasteiger partial charge is 0.306 e. The number of phosphoric acid groups is 1. The van der Waals surface area contributed by atoms with E-state index in [1.165, 1.54) is 12.8 Å². The first-order chi connectivity index (χ1) is 43.0. The Kier molecular flexibility index (Phi) is 62.0. The van der Waals surface area contributed by atoms with E-state index in [0.29, 0.717) is 23.9 Å². The lowest BCUT2D eigenvalue weighted by Gasteiger charge is -2.28. The van der Waals surface area contributed by atoms with Gasteiger partial charge < -0.3 is 27.9 Å². The third-order valence-electron chi connectivity index (χ3n) is 13.3. The largest absolute Gasteiger partial charge is 0.756 e. The predicted molar refractivity (Wildman–Crippen MR) is 378 cm³/mol. The van der Waals surface area contributed by atoms with Gasteiger partial charge in [-0.1, -0.05) is 265 Å². The Bertz CT molecular complexity index is 2240. The lowest BCUT2D eigenvalue weighted by molar-refractivity contribution is -0.870. The number of rotatable bonds is 59. The lowest BCUT2D eigenvalue weighted by Crippen LogP contribution is -2.37. The summed E-state index contributed by atoms with van der Waals surface area (Å²) in [6.07, 6.45) is 105. The number of unbranched alkanes of at least 4 members (excludes halogenated alkanes) is 11. The van der Waals surface area contributed by atoms with Gasteiger partial charge in [0.2, 0.25) is 0 Å². The quantitative estimate of drug-likeness (QED) is 0.0195. The number of hydrogen-bond acceptors (Lipinski definition) is 8. The maximum Gasteiger partial charge on any atom is 0.306 e. The molecular formula is C78H122NO8P. The van der Waals surface area contributed by atoms with Gasteiger partial charge in [0.1, 0.15) is 19.8 Å². The Balaban J connectivity index is 4.25. The lowest BCUT2D eigenvalue weighted by atomic mass is 10.1. The molecule has 9 nitrogen and oxygen atoms in total. The van der Waals surface area contributed by atoms with Crippen LogP contribution in [0.2, 0.25) is 0 Å². The van der Waals surface area contributed by atoms with E-state index in [4.69, 9.17) is 18.5 Å². The Morgan fingerprint density at radius 2 is 0.614 bits per heavy atom. The van der Waals surface area contributed by atoms with Gasteiger partial charge in [-0.25, -0.2) is 0 Å². The Morgan fingerprint density at radius 1 is 0.352 bits per heavy atom. The second-order valence-electron chi connectivity index (χ2n) is 22.7. The van der Waals surface area contributed by atoms with Crippen molar-refractivity contribution < 1.29 is 42.1 Å². The van der Waals surface area contributed by atoms with E-state index < -0.39 is 32.5 Å². The van der Waals surface area contributed by atoms with E-state index in [2.05, 4.69) is 220 Å². The summed E-state index contributed by atoms with van der Waals surface area (Å²) in [5, 5.41) is 0. The highest BCUT2D eigenvalue weighted by molar-refractivity contribution is 7.45. The number of esters is 2. The number of hydrogen-bond donors (Lipinski definition) is 0. The van der Waals surface area contributed by atoms with Gasteiger partial charge in [-0.15, -0.1) is 0 Å². The molecular weight excluding hydrogens is 1110 g/mol. The van der Waals surface area contributed by atoms with Crippen molar-refractivity contribution in [2.45, 2.75) is 225 Å². The monoisotopic (exact) mass is 1230 g/mol. The van der Waals surface area contributed by atoms with Crippen molar-refractivity contribution in [2.24, 2.45) is 0 Å². The first-order valence-corrected chi connectivity index (χ1v) is 35.3. The fraction of sp³-hybridized carbons (Fsp3) is 0.538. The number of ether oxygens (including phenoxy) is 2. The molecule has 88 heavy (non-hydrogen) atoms. The van der Waals surface area contributed by atoms with Crippen LogP contribution in [-0.2, 0) is 32.7 Å². The van der Waals surface area contributed by atoms with Crippen LogP contribution in [0.25, 0.3) is 0 Å². The molecule has 0 saturated heterocycles. The summed E-state index contributed by atoms with van der Waals surface area (Å²) in [6, 6.07) is 0. The van der Waals surface area contributed by atoms with E-state index in [0.717, 1.165) is 167 Å². The van der Waals surface area contributed by atoms with E-state index in [9.17, 15) is 19.0 Å². The standard InChI is InChI=1S/C78H122NO8P/c1-6-8-10-12-14-16-18-20-22-24-26-28-30-32-34-36-37-38-39-40-41-43-45-47-49-51-53-55-57-59-61-63-65-67-69-71-78(81)87-76(75-86-88(82,83)85-73-72-79(3,4)5)74-84-77(80)70-68-66-64-62-60-58-56-54-52-50-48-46-44-42-35-33-31-29-27-25-23-21-19-17-15-13-11-9-7-2/h8-11,14-17,20-23,26-29,32-35,37-38,40-41,44-47,50-53,56,58,76H,6-7,12-13,18-19,24-25,30-31,36,39,42-43,48-49,54-55,57,59-75H2,1-5H3/b10-8-,11-9-,16-14-,17-15-,22-20-,23-21-,28-26-,29-27-,34-32-,35-33-,38-37-,41-40-,46-44-,47-45-,52-50-,53-51-,58-56-. The van der Waals surface area contributed by atoms with E-state index in [-0.39, 0.29) is 26.1 Å². The molecule has 0 aromatic carbocycles. The molecule has 0 amide bonds. The molecule has 0 aliphatic heterocycles. The number of likely N-dealkylation sites (N-methyl/N-ethyl adjacent to an activating group) is 1. The topological polar surface area (TPSA) is 111 Å². The second kappa shape index (κ2) is 66.0. The van der Waals surface area contributed by atoms with Gasteiger partial charge >= 0.3 is 11.9 Å². The summed E-state index contributed by atoms with van der Waals surface area (Å²) in [5.74, 6) is -0.894. The van der Waals surface area contributed by atoms with E-state index >= 15 is 0 Å². The van der Waals surface area contributed by atoms with Crippen LogP contribution >= 0.6 is 7.82 Å². The molecule has 0 aromatic rings. The molecule has 2 atom stereocenters. The van der Waals surface area contributed by atoms with Gasteiger partial charge in [0, 0.05) is 12.8 Å². The van der Waals surface area contributed by atoms with Gasteiger partial charge in [-0.3, -0.25) is 14.2 Å². The van der Waals surface area contributed by atoms with Crippen molar-refractivity contribution in [3.63, 3.8) is 0 Å². The molecule has 10 heteroatoms. The third kappa shape index (κ3) is 69.7. The maximum atomic E-state index is 12.9. The fourth-order valence-corrected chi connectivity index (χ4v) is 8.92. The minimum Gasteiger partial charge on any atom is -0.756 e. The first kappa shape index (κ1) is 82.6. The zero-order valence-electron chi connectivity index (χ0n) is 55.8. The fourth-order valence-electron chi connectivity index (χ4n) is 8.19. The minimum absolute atomic E-state index is 0.0503. The van der Waals surface area contributed by atoms with Crippen molar-refractivity contribution in [3.8, 4) is 0 Å². The molecule has 0 aliphatic carbocycles. The van der Waals surface area contributed by atoms with Crippen LogP contribution in [0.3, 0.4) is 0 Å². The molecule has 2 unspecified atom stereocenters. The molecule has 492 valence electrons. The Labute approximate surface area is 538 Å². The van der Waals surface area contributed by atoms with Crippen molar-refractivity contribution in [1.29, 1.82) is 0 Å². The van der Waals surface area contributed by atoms with E-state index in [1.807, 2.05) is 21.1 Å². The van der Waals surface area contributed by atoms with Gasteiger partial charge in [0.15, 0.2) is 6.10 Å². The predicted octanol–water partition coefficient (Wildman–Crippen LogP) is 21.6. The van der Waals surface area contributed by atoms with Gasteiger partial charge in [0.25, 0.3) is 7.82 Å². The summed E-state index contributed by atoms with van der Waals surface area (Å²) in [5.41, 5.74) is 0. The third-order valence-corrected chi connectivity index (χ3v) is 14.3. The van der Waals surface area contributed by atoms with E-state index in [1.54, 1.807) is 0 Å². The zero-order valence-corrected chi connectivity index (χ0v) is 56.7. The van der Waals surface area contributed by atoms with Crippen LogP contribution in [0.4, 0.5) is 0 Å². The maximum absolute atomic E-state index is 12.9. The van der Waals surface area contributed by atoms with Crippen LogP contribution in [0, 0.1) is 0 Å². The molecule has 0 aliphatic rings. The molecule has 0 rings (SSSR count). The molecule has 0 heterocycles. The summed E-state index contributed by atoms with van der Waals surface area (Å²) in [6.45, 7) is 3.93. The molecule has 0 saturated carbocycles. The second-order valence-corrected chi connectivity index (χ2v) is 24.1. The van der Waals surface area contributed by atoms with Crippen molar-refractivity contribution in [3.05, 3.63) is 207 Å². The van der Waals surface area contributed by atoms with Crippen molar-refractivity contribution >= 4 is 19.8 Å². The number of carbonyl (C=O) groups excluding carboxylic acids is 2. The molecule has 0 bridgehead atoms. The molecule has 0 radical (unpaired) electrons. The van der Waals surface area contributed by atoms with Crippen LogP contribution < -0.4 is 4.89 Å². The average molecular weight is 1230 g/mol. The van der Waals surface area contributed by atoms with Gasteiger partial charge in [-0.05, 0) is 148 Å². The highest BCUT2D eigenvalue weighted by atomic mass is 31.2. The highest BCUT2D eigenvalue weighted by Gasteiger charge is 2.22. The molecule has 0 N–H and O–H groups in total. The van der Waals surface area contributed by atoms with Crippen LogP contribution in [0.15, 0.2) is 207 Å². The van der Waals surface area contributed by atoms with Crippen LogP contribution in [0.1, 0.15) is 219 Å². The number of phosphoric ester groups is 1. The highest BCUT2D eigenvalue weighted by Crippen LogP contribution is 2.38. The number of nitrogens with zero attached hydrogens (tertiary/aromatic N) is 1. The summed E-state index contributed by atoms with van der Waals surface area (Å²) in [7, 11) is 1.11. The summed E-state index contributed by atoms with van der Waals surface area (Å²) >= 11 is 0. The first-order valence-electron chi connectivity index (χ1n) is 33.8. The molecule has 0 aromatic heterocycles. The Morgan fingerprint density at radius 3 is 0.909 bits per heavy atom. The average Bonchev–Trinajstić information content (AvgIpc) is 3.57. The van der Waals surface area contributed by atoms with Gasteiger partial charge in [-0.2, -0.15) is 0 Å². The number of carbonyl (C=O) groups is 2. The van der Waals surface area contributed by atoms with Crippen molar-refractivity contribution in [1.82, 2.24) is 0 Å². The molecule has 0 spiro atoms. The summed E-state index contributed by atoms with van der Waals surface area (Å²) in [4.78, 5) is 38.0.